The van der Waals surface area contributed by atoms with E-state index < -0.39 is 0 Å². The van der Waals surface area contributed by atoms with E-state index in [1.807, 2.05) is 43.3 Å². The molecular weight excluding hydrogens is 302 g/mol. The quantitative estimate of drug-likeness (QED) is 0.693. The van der Waals surface area contributed by atoms with Crippen molar-refractivity contribution in [2.24, 2.45) is 0 Å². The van der Waals surface area contributed by atoms with Crippen molar-refractivity contribution in [2.75, 3.05) is 18.5 Å². The molecule has 4 nitrogen and oxygen atoms in total. The summed E-state index contributed by atoms with van der Waals surface area (Å²) in [6.45, 7) is 3.07. The lowest BCUT2D eigenvalue weighted by molar-refractivity contribution is -0.116. The predicted octanol–water partition coefficient (Wildman–Crippen LogP) is 3.47. The molecule has 0 aliphatic carbocycles. The van der Waals surface area contributed by atoms with E-state index in [9.17, 15) is 9.90 Å². The Morgan fingerprint density at radius 2 is 1.88 bits per heavy atom. The Morgan fingerprint density at radius 1 is 1.08 bits per heavy atom. The molecule has 0 radical (unpaired) electrons. The van der Waals surface area contributed by atoms with Gasteiger partial charge in [-0.15, -0.1) is 0 Å². The van der Waals surface area contributed by atoms with Gasteiger partial charge in [-0.1, -0.05) is 48.5 Å². The molecule has 0 atom stereocenters. The van der Waals surface area contributed by atoms with Crippen molar-refractivity contribution in [1.29, 1.82) is 0 Å². The molecule has 128 valence electrons. The summed E-state index contributed by atoms with van der Waals surface area (Å²) in [6, 6.07) is 15.8. The van der Waals surface area contributed by atoms with E-state index in [1.54, 1.807) is 0 Å². The van der Waals surface area contributed by atoms with Crippen molar-refractivity contribution in [1.82, 2.24) is 0 Å². The first kappa shape index (κ1) is 18.2. The normalized spacial score (nSPS) is 10.6. The van der Waals surface area contributed by atoms with E-state index in [0.717, 1.165) is 23.2 Å². The number of para-hydroxylation sites is 1. The standard InChI is InChI=1S/C20H25NO3/c1-16-7-5-10-18(15-22)20(16)21-19(23)11-6-13-24-14-12-17-8-3-2-4-9-17/h2-5,7-10,22H,6,11-15H2,1H3,(H,21,23). The van der Waals surface area contributed by atoms with E-state index in [1.165, 1.54) is 5.56 Å². The van der Waals surface area contributed by atoms with Gasteiger partial charge in [0, 0.05) is 24.3 Å². The molecule has 2 aromatic carbocycles. The maximum absolute atomic E-state index is 12.0. The van der Waals surface area contributed by atoms with Crippen LogP contribution in [0.2, 0.25) is 0 Å². The molecule has 0 aliphatic rings. The van der Waals surface area contributed by atoms with Crippen LogP contribution in [0.25, 0.3) is 0 Å². The molecule has 0 fully saturated rings. The van der Waals surface area contributed by atoms with Gasteiger partial charge in [-0.25, -0.2) is 0 Å². The second-order valence-corrected chi connectivity index (χ2v) is 5.77. The third kappa shape index (κ3) is 5.80. The molecular formula is C20H25NO3. The molecule has 0 saturated heterocycles. The number of benzene rings is 2. The number of carbonyl (C=O) groups excluding carboxylic acids is 1. The van der Waals surface area contributed by atoms with E-state index in [4.69, 9.17) is 4.74 Å². The maximum atomic E-state index is 12.0. The van der Waals surface area contributed by atoms with Crippen LogP contribution in [0.15, 0.2) is 48.5 Å². The van der Waals surface area contributed by atoms with Crippen LogP contribution in [0, 0.1) is 6.92 Å². The highest BCUT2D eigenvalue weighted by Crippen LogP contribution is 2.20. The second-order valence-electron chi connectivity index (χ2n) is 5.77. The van der Waals surface area contributed by atoms with Crippen LogP contribution in [0.5, 0.6) is 0 Å². The number of amides is 1. The molecule has 24 heavy (non-hydrogen) atoms. The average Bonchev–Trinajstić information content (AvgIpc) is 2.60. The third-order valence-corrected chi connectivity index (χ3v) is 3.86. The molecule has 0 saturated carbocycles. The number of hydrogen-bond donors (Lipinski definition) is 2. The molecule has 4 heteroatoms. The number of hydrogen-bond acceptors (Lipinski definition) is 3. The number of aliphatic hydroxyl groups excluding tert-OH is 1. The lowest BCUT2D eigenvalue weighted by Crippen LogP contribution is -2.15. The molecule has 2 N–H and O–H groups in total. The minimum absolute atomic E-state index is 0.0503. The van der Waals surface area contributed by atoms with Crippen molar-refractivity contribution in [3.63, 3.8) is 0 Å². The Morgan fingerprint density at radius 3 is 2.62 bits per heavy atom. The Bertz CT molecular complexity index is 641. The van der Waals surface area contributed by atoms with Gasteiger partial charge in [-0.05, 0) is 30.9 Å². The van der Waals surface area contributed by atoms with Gasteiger partial charge in [0.1, 0.15) is 0 Å². The van der Waals surface area contributed by atoms with Gasteiger partial charge in [-0.2, -0.15) is 0 Å². The largest absolute Gasteiger partial charge is 0.392 e. The molecule has 0 aromatic heterocycles. The summed E-state index contributed by atoms with van der Waals surface area (Å²) < 4.78 is 5.59. The zero-order valence-corrected chi connectivity index (χ0v) is 14.1. The van der Waals surface area contributed by atoms with Gasteiger partial charge < -0.3 is 15.2 Å². The highest BCUT2D eigenvalue weighted by molar-refractivity contribution is 5.92. The number of aliphatic hydroxyl groups is 1. The van der Waals surface area contributed by atoms with Crippen molar-refractivity contribution in [3.05, 3.63) is 65.2 Å². The van der Waals surface area contributed by atoms with E-state index in [0.29, 0.717) is 26.1 Å². The SMILES string of the molecule is Cc1cccc(CO)c1NC(=O)CCCOCCc1ccccc1. The molecule has 2 rings (SSSR count). The molecule has 1 amide bonds. The zero-order chi connectivity index (χ0) is 17.2. The second kappa shape index (κ2) is 9.85. The van der Waals surface area contributed by atoms with Gasteiger partial charge >= 0.3 is 0 Å². The summed E-state index contributed by atoms with van der Waals surface area (Å²) in [5.41, 5.74) is 3.66. The average molecular weight is 327 g/mol. The van der Waals surface area contributed by atoms with Crippen LogP contribution in [0.1, 0.15) is 29.5 Å². The van der Waals surface area contributed by atoms with Gasteiger partial charge in [0.05, 0.1) is 13.2 Å². The van der Waals surface area contributed by atoms with Crippen LogP contribution in [-0.2, 0) is 22.6 Å². The Labute approximate surface area is 143 Å². The predicted molar refractivity (Wildman–Crippen MR) is 95.9 cm³/mol. The first-order valence-corrected chi connectivity index (χ1v) is 8.31. The minimum Gasteiger partial charge on any atom is -0.392 e. The first-order chi connectivity index (χ1) is 11.7. The maximum Gasteiger partial charge on any atom is 0.224 e. The zero-order valence-electron chi connectivity index (χ0n) is 14.1. The number of ether oxygens (including phenoxy) is 1. The summed E-state index contributed by atoms with van der Waals surface area (Å²) >= 11 is 0. The third-order valence-electron chi connectivity index (χ3n) is 3.86. The number of anilines is 1. The molecule has 0 heterocycles. The summed E-state index contributed by atoms with van der Waals surface area (Å²) in [7, 11) is 0. The monoisotopic (exact) mass is 327 g/mol. The van der Waals surface area contributed by atoms with Crippen LogP contribution >= 0.6 is 0 Å². The minimum atomic E-state index is -0.0834. The molecule has 0 unspecified atom stereocenters. The Hall–Kier alpha value is -2.17. The van der Waals surface area contributed by atoms with Crippen molar-refractivity contribution in [3.8, 4) is 0 Å². The topological polar surface area (TPSA) is 58.6 Å². The van der Waals surface area contributed by atoms with Crippen molar-refractivity contribution >= 4 is 11.6 Å². The Kier molecular flexibility index (Phi) is 7.46. The summed E-state index contributed by atoms with van der Waals surface area (Å²) in [5, 5.41) is 12.2. The van der Waals surface area contributed by atoms with E-state index in [2.05, 4.69) is 17.4 Å². The molecule has 2 aromatic rings. The molecule has 0 aliphatic heterocycles. The number of rotatable bonds is 9. The van der Waals surface area contributed by atoms with Crippen LogP contribution in [-0.4, -0.2) is 24.2 Å². The van der Waals surface area contributed by atoms with Gasteiger partial charge in [0.15, 0.2) is 0 Å². The number of aryl methyl sites for hydroxylation is 1. The summed E-state index contributed by atoms with van der Waals surface area (Å²) in [5.74, 6) is -0.0503. The number of carbonyl (C=O) groups is 1. The van der Waals surface area contributed by atoms with Crippen molar-refractivity contribution < 1.29 is 14.6 Å². The fourth-order valence-electron chi connectivity index (χ4n) is 2.51. The molecule has 0 bridgehead atoms. The fourth-order valence-corrected chi connectivity index (χ4v) is 2.51. The van der Waals surface area contributed by atoms with Crippen LogP contribution in [0.4, 0.5) is 5.69 Å². The van der Waals surface area contributed by atoms with Gasteiger partial charge in [0.25, 0.3) is 0 Å². The fraction of sp³-hybridized carbons (Fsp3) is 0.350. The first-order valence-electron chi connectivity index (χ1n) is 8.31. The summed E-state index contributed by atoms with van der Waals surface area (Å²) in [6.07, 6.45) is 1.97. The smallest absolute Gasteiger partial charge is 0.224 e. The molecule has 0 spiro atoms. The van der Waals surface area contributed by atoms with E-state index in [-0.39, 0.29) is 12.5 Å². The van der Waals surface area contributed by atoms with E-state index >= 15 is 0 Å². The summed E-state index contributed by atoms with van der Waals surface area (Å²) in [4.78, 5) is 12.0. The van der Waals surface area contributed by atoms with Gasteiger partial charge in [-0.3, -0.25) is 4.79 Å². The Balaban J connectivity index is 1.65. The number of nitrogens with one attached hydrogen (secondary N) is 1. The lowest BCUT2D eigenvalue weighted by Gasteiger charge is -2.12. The van der Waals surface area contributed by atoms with Crippen LogP contribution < -0.4 is 5.32 Å². The lowest BCUT2D eigenvalue weighted by atomic mass is 10.1. The van der Waals surface area contributed by atoms with Crippen molar-refractivity contribution in [2.45, 2.75) is 32.8 Å². The highest BCUT2D eigenvalue weighted by atomic mass is 16.5. The highest BCUT2D eigenvalue weighted by Gasteiger charge is 2.08. The van der Waals surface area contributed by atoms with Crippen LogP contribution in [0.3, 0.4) is 0 Å². The van der Waals surface area contributed by atoms with Gasteiger partial charge in [0.2, 0.25) is 5.91 Å².